The van der Waals surface area contributed by atoms with E-state index in [-0.39, 0.29) is 11.3 Å². The molecule has 0 radical (unpaired) electrons. The van der Waals surface area contributed by atoms with Crippen LogP contribution in [-0.4, -0.2) is 53.8 Å². The lowest BCUT2D eigenvalue weighted by molar-refractivity contribution is -0.139. The van der Waals surface area contributed by atoms with Gasteiger partial charge in [-0.1, -0.05) is 54.9 Å². The molecule has 0 aromatic heterocycles. The minimum Gasteiger partial charge on any atom is -0.507 e. The number of aliphatic hydroxyl groups excluding tert-OH is 1. The summed E-state index contributed by atoms with van der Waals surface area (Å²) in [6, 6.07) is 13.8. The molecule has 1 N–H and O–H groups in total. The Morgan fingerprint density at radius 1 is 1.07 bits per heavy atom. The van der Waals surface area contributed by atoms with Crippen LogP contribution in [0.25, 0.3) is 5.76 Å². The molecule has 2 aromatic rings. The van der Waals surface area contributed by atoms with Gasteiger partial charge in [-0.25, -0.2) is 0 Å². The van der Waals surface area contributed by atoms with Crippen molar-refractivity contribution in [2.24, 2.45) is 0 Å². The second-order valence-electron chi connectivity index (χ2n) is 7.75. The molecule has 1 aliphatic heterocycles. The Morgan fingerprint density at radius 2 is 1.70 bits per heavy atom. The van der Waals surface area contributed by atoms with Gasteiger partial charge in [0.05, 0.1) is 11.6 Å². The molecule has 0 aliphatic carbocycles. The average Bonchev–Trinajstić information content (AvgIpc) is 2.98. The number of amides is 1. The molecule has 0 bridgehead atoms. The molecular formula is C24H27ClN2O3. The summed E-state index contributed by atoms with van der Waals surface area (Å²) < 4.78 is 0. The maximum Gasteiger partial charge on any atom is 0.295 e. The molecular weight excluding hydrogens is 400 g/mol. The van der Waals surface area contributed by atoms with Gasteiger partial charge in [-0.3, -0.25) is 9.59 Å². The van der Waals surface area contributed by atoms with E-state index in [1.165, 1.54) is 0 Å². The van der Waals surface area contributed by atoms with Crippen molar-refractivity contribution in [2.45, 2.75) is 25.8 Å². The molecule has 1 unspecified atom stereocenters. The van der Waals surface area contributed by atoms with E-state index in [4.69, 9.17) is 11.6 Å². The molecule has 5 nitrogen and oxygen atoms in total. The summed E-state index contributed by atoms with van der Waals surface area (Å²) in [6.45, 7) is 3.26. The van der Waals surface area contributed by atoms with Crippen LogP contribution in [0.3, 0.4) is 0 Å². The van der Waals surface area contributed by atoms with E-state index >= 15 is 0 Å². The van der Waals surface area contributed by atoms with E-state index in [0.717, 1.165) is 30.5 Å². The third-order valence-electron chi connectivity index (χ3n) is 5.37. The van der Waals surface area contributed by atoms with Crippen LogP contribution in [0.1, 0.15) is 36.1 Å². The van der Waals surface area contributed by atoms with Crippen LogP contribution in [-0.2, 0) is 16.0 Å². The zero-order valence-corrected chi connectivity index (χ0v) is 18.3. The first-order valence-corrected chi connectivity index (χ1v) is 10.5. The number of hydrogen-bond acceptors (Lipinski definition) is 4. The van der Waals surface area contributed by atoms with Crippen LogP contribution in [0.15, 0.2) is 54.1 Å². The van der Waals surface area contributed by atoms with Gasteiger partial charge in [0, 0.05) is 17.1 Å². The quantitative estimate of drug-likeness (QED) is 0.408. The molecule has 1 amide bonds. The van der Waals surface area contributed by atoms with Crippen molar-refractivity contribution in [2.75, 3.05) is 27.2 Å². The standard InChI is InChI=1S/C24H27ClN2O3/c1-4-16-6-8-18(9-7-16)22(28)20-21(17-10-12-19(25)13-11-17)27(24(30)23(20)29)15-5-14-26(2)3/h6-13,21,28H,4-5,14-15H2,1-3H3/b22-20-. The van der Waals surface area contributed by atoms with Gasteiger partial charge < -0.3 is 14.9 Å². The Labute approximate surface area is 182 Å². The van der Waals surface area contributed by atoms with Gasteiger partial charge in [0.25, 0.3) is 11.7 Å². The number of rotatable bonds is 7. The van der Waals surface area contributed by atoms with Crippen LogP contribution in [0, 0.1) is 0 Å². The second kappa shape index (κ2) is 9.45. The Morgan fingerprint density at radius 3 is 2.27 bits per heavy atom. The Hall–Kier alpha value is -2.63. The molecule has 3 rings (SSSR count). The second-order valence-corrected chi connectivity index (χ2v) is 8.19. The number of aryl methyl sites for hydroxylation is 1. The van der Waals surface area contributed by atoms with Gasteiger partial charge in [0.15, 0.2) is 0 Å². The normalized spacial score (nSPS) is 18.4. The van der Waals surface area contributed by atoms with Crippen molar-refractivity contribution in [1.29, 1.82) is 0 Å². The fourth-order valence-corrected chi connectivity index (χ4v) is 3.84. The molecule has 0 spiro atoms. The van der Waals surface area contributed by atoms with Crippen molar-refractivity contribution in [3.63, 3.8) is 0 Å². The largest absolute Gasteiger partial charge is 0.507 e. The highest BCUT2D eigenvalue weighted by Crippen LogP contribution is 2.39. The summed E-state index contributed by atoms with van der Waals surface area (Å²) >= 11 is 6.04. The summed E-state index contributed by atoms with van der Waals surface area (Å²) in [4.78, 5) is 29.4. The molecule has 1 atom stereocenters. The van der Waals surface area contributed by atoms with Gasteiger partial charge in [-0.15, -0.1) is 0 Å². The predicted octanol–water partition coefficient (Wildman–Crippen LogP) is 4.28. The van der Waals surface area contributed by atoms with Gasteiger partial charge in [-0.2, -0.15) is 0 Å². The average molecular weight is 427 g/mol. The van der Waals surface area contributed by atoms with Crippen LogP contribution >= 0.6 is 11.6 Å². The van der Waals surface area contributed by atoms with Crippen molar-refractivity contribution in [3.8, 4) is 0 Å². The van der Waals surface area contributed by atoms with E-state index in [0.29, 0.717) is 17.1 Å². The van der Waals surface area contributed by atoms with E-state index in [1.807, 2.05) is 31.1 Å². The number of nitrogens with zero attached hydrogens (tertiary/aromatic N) is 2. The van der Waals surface area contributed by atoms with E-state index in [9.17, 15) is 14.7 Å². The first-order valence-electron chi connectivity index (χ1n) is 10.1. The Bertz CT molecular complexity index is 949. The summed E-state index contributed by atoms with van der Waals surface area (Å²) in [5.41, 5.74) is 2.52. The first-order chi connectivity index (χ1) is 14.3. The van der Waals surface area contributed by atoms with Crippen molar-refractivity contribution in [3.05, 3.63) is 75.8 Å². The smallest absolute Gasteiger partial charge is 0.295 e. The lowest BCUT2D eigenvalue weighted by atomic mass is 9.95. The maximum absolute atomic E-state index is 13.0. The summed E-state index contributed by atoms with van der Waals surface area (Å²) in [5, 5.41) is 11.6. The van der Waals surface area contributed by atoms with Crippen molar-refractivity contribution >= 4 is 29.1 Å². The van der Waals surface area contributed by atoms with E-state index < -0.39 is 17.7 Å². The van der Waals surface area contributed by atoms with Crippen molar-refractivity contribution < 1.29 is 14.7 Å². The SMILES string of the molecule is CCc1ccc(/C(O)=C2/C(=O)C(=O)N(CCCN(C)C)C2c2ccc(Cl)cc2)cc1. The minimum atomic E-state index is -0.656. The molecule has 158 valence electrons. The Kier molecular flexibility index (Phi) is 6.95. The third kappa shape index (κ3) is 4.58. The highest BCUT2D eigenvalue weighted by Gasteiger charge is 2.45. The zero-order valence-electron chi connectivity index (χ0n) is 17.6. The summed E-state index contributed by atoms with van der Waals surface area (Å²) in [5.74, 6) is -1.39. The zero-order chi connectivity index (χ0) is 21.8. The lowest BCUT2D eigenvalue weighted by Gasteiger charge is -2.26. The molecule has 30 heavy (non-hydrogen) atoms. The number of carbonyl (C=O) groups is 2. The number of aliphatic hydroxyl groups is 1. The number of carbonyl (C=O) groups excluding carboxylic acids is 2. The minimum absolute atomic E-state index is 0.122. The lowest BCUT2D eigenvalue weighted by Crippen LogP contribution is -2.32. The van der Waals surface area contributed by atoms with Gasteiger partial charge in [0.1, 0.15) is 5.76 Å². The van der Waals surface area contributed by atoms with E-state index in [1.54, 1.807) is 41.3 Å². The summed E-state index contributed by atoms with van der Waals surface area (Å²) in [6.07, 6.45) is 1.59. The maximum atomic E-state index is 13.0. The van der Waals surface area contributed by atoms with Gasteiger partial charge in [-0.05, 0) is 56.7 Å². The van der Waals surface area contributed by atoms with Crippen LogP contribution in [0.2, 0.25) is 5.02 Å². The number of benzene rings is 2. The first kappa shape index (κ1) is 22.1. The number of likely N-dealkylation sites (tertiary alicyclic amines) is 1. The van der Waals surface area contributed by atoms with Crippen LogP contribution in [0.4, 0.5) is 0 Å². The monoisotopic (exact) mass is 426 g/mol. The highest BCUT2D eigenvalue weighted by atomic mass is 35.5. The molecule has 1 aliphatic rings. The molecule has 0 saturated carbocycles. The third-order valence-corrected chi connectivity index (χ3v) is 5.62. The molecule has 2 aromatic carbocycles. The number of halogens is 1. The number of ketones is 1. The molecule has 1 saturated heterocycles. The van der Waals surface area contributed by atoms with Crippen LogP contribution in [0.5, 0.6) is 0 Å². The van der Waals surface area contributed by atoms with Crippen LogP contribution < -0.4 is 0 Å². The number of hydrogen-bond donors (Lipinski definition) is 1. The van der Waals surface area contributed by atoms with E-state index in [2.05, 4.69) is 6.92 Å². The van der Waals surface area contributed by atoms with Crippen molar-refractivity contribution in [1.82, 2.24) is 9.80 Å². The van der Waals surface area contributed by atoms with Gasteiger partial charge in [0.2, 0.25) is 0 Å². The number of Topliss-reactive ketones (excluding diaryl/α,β-unsaturated/α-hetero) is 1. The molecule has 1 fully saturated rings. The molecule has 1 heterocycles. The molecule has 6 heteroatoms. The predicted molar refractivity (Wildman–Crippen MR) is 119 cm³/mol. The van der Waals surface area contributed by atoms with Gasteiger partial charge >= 0.3 is 0 Å². The Balaban J connectivity index is 2.06. The fraction of sp³-hybridized carbons (Fsp3) is 0.333. The fourth-order valence-electron chi connectivity index (χ4n) is 3.71. The highest BCUT2D eigenvalue weighted by molar-refractivity contribution is 6.46. The topological polar surface area (TPSA) is 60.9 Å². The summed E-state index contributed by atoms with van der Waals surface area (Å²) in [7, 11) is 3.93.